The molecule has 0 aliphatic rings. The van der Waals surface area contributed by atoms with Crippen LogP contribution < -0.4 is 0 Å². The van der Waals surface area contributed by atoms with Gasteiger partial charge in [-0.15, -0.1) is 0 Å². The standard InChI is InChI=1S/C60H104O6/c1-4-7-10-13-16-19-22-25-27-28-29-30-31-32-34-35-38-41-44-47-50-53-59(62)65-56-57(55-64-58(61)52-49-46-43-40-37-24-21-18-15-12-9-6-3)66-60(63)54-51-48-45-42-39-36-33-26-23-20-17-14-11-8-5-2/h7,10,16,18-19,21,25-27,29-30,33,57H,4-6,8-9,11-15,17,20,22-24,28,31-32,34-56H2,1-3H3/b10-7-,19-16-,21-18-,27-25-,30-29-,33-26-. The number of carbonyl (C=O) groups is 3. The van der Waals surface area contributed by atoms with Gasteiger partial charge in [-0.05, 0) is 109 Å². The fourth-order valence-electron chi connectivity index (χ4n) is 7.72. The van der Waals surface area contributed by atoms with E-state index in [4.69, 9.17) is 14.2 Å². The number of hydrogen-bond acceptors (Lipinski definition) is 6. The molecule has 0 aromatic carbocycles. The van der Waals surface area contributed by atoms with E-state index in [1.54, 1.807) is 0 Å². The molecule has 380 valence electrons. The Hall–Kier alpha value is -3.15. The van der Waals surface area contributed by atoms with Crippen molar-refractivity contribution in [1.82, 2.24) is 0 Å². The van der Waals surface area contributed by atoms with Gasteiger partial charge in [-0.3, -0.25) is 14.4 Å². The van der Waals surface area contributed by atoms with Crippen molar-refractivity contribution in [2.45, 2.75) is 277 Å². The minimum atomic E-state index is -0.786. The number of ether oxygens (including phenoxy) is 3. The van der Waals surface area contributed by atoms with Crippen LogP contribution in [0.4, 0.5) is 0 Å². The molecule has 0 aromatic heterocycles. The van der Waals surface area contributed by atoms with Crippen LogP contribution in [0.15, 0.2) is 72.9 Å². The Morgan fingerprint density at radius 2 is 0.591 bits per heavy atom. The zero-order chi connectivity index (χ0) is 47.9. The van der Waals surface area contributed by atoms with Gasteiger partial charge in [0.05, 0.1) is 0 Å². The van der Waals surface area contributed by atoms with Crippen LogP contribution in [-0.2, 0) is 28.6 Å². The van der Waals surface area contributed by atoms with Crippen molar-refractivity contribution >= 4 is 17.9 Å². The molecule has 0 heterocycles. The van der Waals surface area contributed by atoms with E-state index < -0.39 is 6.10 Å². The van der Waals surface area contributed by atoms with Crippen LogP contribution in [0, 0.1) is 0 Å². The van der Waals surface area contributed by atoms with E-state index in [9.17, 15) is 14.4 Å². The summed E-state index contributed by atoms with van der Waals surface area (Å²) in [5.41, 5.74) is 0. The summed E-state index contributed by atoms with van der Waals surface area (Å²) in [6.07, 6.45) is 68.9. The molecule has 0 spiro atoms. The molecule has 0 rings (SSSR count). The van der Waals surface area contributed by atoms with Crippen molar-refractivity contribution in [3.8, 4) is 0 Å². The van der Waals surface area contributed by atoms with Crippen LogP contribution >= 0.6 is 0 Å². The predicted octanol–water partition coefficient (Wildman–Crippen LogP) is 18.6. The average molecular weight is 921 g/mol. The Labute approximate surface area is 408 Å². The number of esters is 3. The second-order valence-electron chi connectivity index (χ2n) is 18.5. The summed E-state index contributed by atoms with van der Waals surface area (Å²) in [6, 6.07) is 0. The maximum atomic E-state index is 12.8. The Kier molecular flexibility index (Phi) is 51.9. The molecular weight excluding hydrogens is 817 g/mol. The largest absolute Gasteiger partial charge is 0.462 e. The van der Waals surface area contributed by atoms with Crippen molar-refractivity contribution < 1.29 is 28.6 Å². The Bertz CT molecular complexity index is 1240. The van der Waals surface area contributed by atoms with Gasteiger partial charge in [0, 0.05) is 19.3 Å². The van der Waals surface area contributed by atoms with Crippen LogP contribution in [-0.4, -0.2) is 37.2 Å². The summed E-state index contributed by atoms with van der Waals surface area (Å²) in [5, 5.41) is 0. The minimum Gasteiger partial charge on any atom is -0.462 e. The summed E-state index contributed by atoms with van der Waals surface area (Å²) < 4.78 is 16.8. The first-order valence-corrected chi connectivity index (χ1v) is 27.9. The second kappa shape index (κ2) is 54.5. The van der Waals surface area contributed by atoms with Gasteiger partial charge >= 0.3 is 17.9 Å². The number of allylic oxidation sites excluding steroid dienone is 12. The number of unbranched alkanes of at least 4 members (excludes halogenated alkanes) is 27. The Morgan fingerprint density at radius 1 is 0.318 bits per heavy atom. The molecule has 6 heteroatoms. The van der Waals surface area contributed by atoms with Crippen LogP contribution in [0.2, 0.25) is 0 Å². The van der Waals surface area contributed by atoms with Gasteiger partial charge < -0.3 is 14.2 Å². The molecule has 0 fully saturated rings. The number of carbonyl (C=O) groups excluding carboxylic acids is 3. The highest BCUT2D eigenvalue weighted by Crippen LogP contribution is 2.15. The molecule has 0 saturated carbocycles. The normalized spacial score (nSPS) is 12.6. The molecule has 1 atom stereocenters. The fraction of sp³-hybridized carbons (Fsp3) is 0.750. The first-order chi connectivity index (χ1) is 32.5. The van der Waals surface area contributed by atoms with Gasteiger partial charge in [0.15, 0.2) is 6.10 Å². The van der Waals surface area contributed by atoms with E-state index in [0.717, 1.165) is 109 Å². The van der Waals surface area contributed by atoms with E-state index in [1.807, 2.05) is 0 Å². The van der Waals surface area contributed by atoms with E-state index in [0.29, 0.717) is 19.3 Å². The molecule has 0 N–H and O–H groups in total. The lowest BCUT2D eigenvalue weighted by molar-refractivity contribution is -0.167. The van der Waals surface area contributed by atoms with E-state index in [-0.39, 0.29) is 31.1 Å². The average Bonchev–Trinajstić information content (AvgIpc) is 3.31. The molecule has 0 saturated heterocycles. The smallest absolute Gasteiger partial charge is 0.306 e. The Balaban J connectivity index is 4.36. The summed E-state index contributed by atoms with van der Waals surface area (Å²) in [4.78, 5) is 38.1. The third-order valence-corrected chi connectivity index (χ3v) is 11.9. The molecule has 0 amide bonds. The van der Waals surface area contributed by atoms with E-state index >= 15 is 0 Å². The molecule has 6 nitrogen and oxygen atoms in total. The van der Waals surface area contributed by atoms with Crippen molar-refractivity contribution in [3.63, 3.8) is 0 Å². The third-order valence-electron chi connectivity index (χ3n) is 11.9. The van der Waals surface area contributed by atoms with Gasteiger partial charge in [-0.2, -0.15) is 0 Å². The summed E-state index contributed by atoms with van der Waals surface area (Å²) >= 11 is 0. The molecule has 0 aromatic rings. The SMILES string of the molecule is CC/C=C\C/C=C\C/C=C\C/C=C\CCCCCCCCCCC(=O)OCC(COC(=O)CCCCCCC/C=C\CCCCC)OC(=O)CCCCCCC/C=C\CCCCCCCC. The molecule has 0 radical (unpaired) electrons. The molecule has 0 aliphatic heterocycles. The first-order valence-electron chi connectivity index (χ1n) is 27.9. The topological polar surface area (TPSA) is 78.9 Å². The summed E-state index contributed by atoms with van der Waals surface area (Å²) in [6.45, 7) is 6.49. The fourth-order valence-corrected chi connectivity index (χ4v) is 7.72. The summed E-state index contributed by atoms with van der Waals surface area (Å²) in [5.74, 6) is -0.904. The van der Waals surface area contributed by atoms with Crippen LogP contribution in [0.1, 0.15) is 271 Å². The zero-order valence-corrected chi connectivity index (χ0v) is 43.4. The lowest BCUT2D eigenvalue weighted by Gasteiger charge is -2.18. The zero-order valence-electron chi connectivity index (χ0n) is 43.4. The highest BCUT2D eigenvalue weighted by atomic mass is 16.6. The Morgan fingerprint density at radius 3 is 0.970 bits per heavy atom. The van der Waals surface area contributed by atoms with Crippen LogP contribution in [0.3, 0.4) is 0 Å². The van der Waals surface area contributed by atoms with Crippen molar-refractivity contribution in [3.05, 3.63) is 72.9 Å². The molecular formula is C60H104O6. The lowest BCUT2D eigenvalue weighted by atomic mass is 10.1. The van der Waals surface area contributed by atoms with Crippen molar-refractivity contribution in [1.29, 1.82) is 0 Å². The van der Waals surface area contributed by atoms with Gasteiger partial charge in [-0.25, -0.2) is 0 Å². The predicted molar refractivity (Wildman–Crippen MR) is 284 cm³/mol. The highest BCUT2D eigenvalue weighted by molar-refractivity contribution is 5.71. The molecule has 66 heavy (non-hydrogen) atoms. The van der Waals surface area contributed by atoms with Crippen molar-refractivity contribution in [2.75, 3.05) is 13.2 Å². The first kappa shape index (κ1) is 62.8. The maximum absolute atomic E-state index is 12.8. The van der Waals surface area contributed by atoms with Gasteiger partial charge in [-0.1, -0.05) is 216 Å². The van der Waals surface area contributed by atoms with Crippen LogP contribution in [0.25, 0.3) is 0 Å². The second-order valence-corrected chi connectivity index (χ2v) is 18.5. The minimum absolute atomic E-state index is 0.0851. The van der Waals surface area contributed by atoms with Crippen molar-refractivity contribution in [2.24, 2.45) is 0 Å². The van der Waals surface area contributed by atoms with Gasteiger partial charge in [0.1, 0.15) is 13.2 Å². The van der Waals surface area contributed by atoms with Crippen LogP contribution in [0.5, 0.6) is 0 Å². The monoisotopic (exact) mass is 921 g/mol. The maximum Gasteiger partial charge on any atom is 0.306 e. The third kappa shape index (κ3) is 51.8. The van der Waals surface area contributed by atoms with E-state index in [2.05, 4.69) is 93.7 Å². The molecule has 1 unspecified atom stereocenters. The van der Waals surface area contributed by atoms with Gasteiger partial charge in [0.2, 0.25) is 0 Å². The number of hydrogen-bond donors (Lipinski definition) is 0. The highest BCUT2D eigenvalue weighted by Gasteiger charge is 2.19. The lowest BCUT2D eigenvalue weighted by Crippen LogP contribution is -2.30. The van der Waals surface area contributed by atoms with E-state index in [1.165, 1.54) is 122 Å². The quantitative estimate of drug-likeness (QED) is 0.0262. The number of rotatable bonds is 50. The molecule has 0 aliphatic carbocycles. The summed E-state index contributed by atoms with van der Waals surface area (Å²) in [7, 11) is 0. The van der Waals surface area contributed by atoms with Gasteiger partial charge in [0.25, 0.3) is 0 Å². The molecule has 0 bridgehead atoms.